The second-order valence-electron chi connectivity index (χ2n) is 7.53. The Morgan fingerprint density at radius 1 is 1.22 bits per heavy atom. The maximum atomic E-state index is 13.1. The molecule has 0 spiro atoms. The molecule has 0 aromatic heterocycles. The summed E-state index contributed by atoms with van der Waals surface area (Å²) in [5.41, 5.74) is 2.22. The molecule has 0 bridgehead atoms. The maximum Gasteiger partial charge on any atom is 0.322 e. The number of rotatable bonds is 3. The Morgan fingerprint density at radius 2 is 2.00 bits per heavy atom. The van der Waals surface area contributed by atoms with Crippen LogP contribution in [0.25, 0.3) is 0 Å². The maximum absolute atomic E-state index is 13.1. The SMILES string of the molecule is Cc1ccc([N+](=O)[O-])cc1NC(=O)N1C[C@H]2CCCC[C@@]21c1ccccc1. The highest BCUT2D eigenvalue weighted by Crippen LogP contribution is 2.53. The van der Waals surface area contributed by atoms with E-state index in [1.54, 1.807) is 6.07 Å². The summed E-state index contributed by atoms with van der Waals surface area (Å²) in [6.45, 7) is 2.57. The number of aryl methyl sites for hydroxylation is 1. The van der Waals surface area contributed by atoms with Crippen LogP contribution in [0.1, 0.15) is 36.8 Å². The standard InChI is InChI=1S/C21H23N3O3/c1-15-10-11-18(24(26)27)13-19(15)22-20(25)23-14-17-9-5-6-12-21(17,23)16-7-3-2-4-8-16/h2-4,7-8,10-11,13,17H,5-6,9,12,14H2,1H3,(H,22,25)/t17-,21-/m1/s1. The lowest BCUT2D eigenvalue weighted by Gasteiger charge is -2.61. The van der Waals surface area contributed by atoms with Gasteiger partial charge in [-0.1, -0.05) is 49.2 Å². The Balaban J connectivity index is 1.62. The number of nitrogens with one attached hydrogen (secondary N) is 1. The lowest BCUT2D eigenvalue weighted by Crippen LogP contribution is -2.68. The zero-order valence-electron chi connectivity index (χ0n) is 15.4. The summed E-state index contributed by atoms with van der Waals surface area (Å²) in [5, 5.41) is 14.0. The molecule has 1 aliphatic carbocycles. The minimum atomic E-state index is -0.443. The van der Waals surface area contributed by atoms with Gasteiger partial charge in [-0.15, -0.1) is 0 Å². The molecule has 0 radical (unpaired) electrons. The quantitative estimate of drug-likeness (QED) is 0.625. The number of carbonyl (C=O) groups excluding carboxylic acids is 1. The molecule has 1 aliphatic heterocycles. The predicted molar refractivity (Wildman–Crippen MR) is 104 cm³/mol. The molecule has 1 N–H and O–H groups in total. The fraction of sp³-hybridized carbons (Fsp3) is 0.381. The first-order valence-electron chi connectivity index (χ1n) is 9.41. The van der Waals surface area contributed by atoms with Gasteiger partial charge in [-0.2, -0.15) is 0 Å². The second-order valence-corrected chi connectivity index (χ2v) is 7.53. The van der Waals surface area contributed by atoms with E-state index in [0.29, 0.717) is 11.6 Å². The highest BCUT2D eigenvalue weighted by atomic mass is 16.6. The van der Waals surface area contributed by atoms with E-state index in [-0.39, 0.29) is 17.3 Å². The van der Waals surface area contributed by atoms with E-state index in [2.05, 4.69) is 17.4 Å². The average Bonchev–Trinajstić information content (AvgIpc) is 2.65. The zero-order valence-corrected chi connectivity index (χ0v) is 15.4. The van der Waals surface area contributed by atoms with E-state index in [1.807, 2.05) is 30.0 Å². The van der Waals surface area contributed by atoms with Crippen molar-refractivity contribution < 1.29 is 9.72 Å². The monoisotopic (exact) mass is 365 g/mol. The van der Waals surface area contributed by atoms with E-state index in [1.165, 1.54) is 24.1 Å². The number of hydrogen-bond acceptors (Lipinski definition) is 3. The van der Waals surface area contributed by atoms with Gasteiger partial charge >= 0.3 is 6.03 Å². The van der Waals surface area contributed by atoms with Gasteiger partial charge < -0.3 is 10.2 Å². The number of non-ortho nitro benzene ring substituents is 1. The molecule has 6 nitrogen and oxygen atoms in total. The Kier molecular flexibility index (Phi) is 4.34. The summed E-state index contributed by atoms with van der Waals surface area (Å²) in [5.74, 6) is 0.477. The van der Waals surface area contributed by atoms with Crippen molar-refractivity contribution in [1.29, 1.82) is 0 Å². The third kappa shape index (κ3) is 2.85. The average molecular weight is 365 g/mol. The van der Waals surface area contributed by atoms with Crippen LogP contribution in [0, 0.1) is 23.0 Å². The summed E-state index contributed by atoms with van der Waals surface area (Å²) >= 11 is 0. The molecular weight excluding hydrogens is 342 g/mol. The van der Waals surface area contributed by atoms with Gasteiger partial charge in [0.05, 0.1) is 16.1 Å². The van der Waals surface area contributed by atoms with Crippen LogP contribution in [-0.4, -0.2) is 22.4 Å². The second kappa shape index (κ2) is 6.68. The Morgan fingerprint density at radius 3 is 2.70 bits per heavy atom. The van der Waals surface area contributed by atoms with E-state index < -0.39 is 4.92 Å². The number of urea groups is 1. The van der Waals surface area contributed by atoms with Gasteiger partial charge in [-0.25, -0.2) is 4.79 Å². The molecular formula is C21H23N3O3. The molecule has 0 unspecified atom stereocenters. The fourth-order valence-electron chi connectivity index (χ4n) is 4.66. The third-order valence-electron chi connectivity index (χ3n) is 6.11. The first-order valence-corrected chi connectivity index (χ1v) is 9.41. The molecule has 1 heterocycles. The fourth-order valence-corrected chi connectivity index (χ4v) is 4.66. The van der Waals surface area contributed by atoms with Crippen LogP contribution in [0.3, 0.4) is 0 Å². The number of nitro benzene ring substituents is 1. The molecule has 2 aromatic rings. The summed E-state index contributed by atoms with van der Waals surface area (Å²) in [6.07, 6.45) is 4.40. The highest BCUT2D eigenvalue weighted by Gasteiger charge is 2.57. The van der Waals surface area contributed by atoms with Gasteiger partial charge in [-0.3, -0.25) is 10.1 Å². The minimum absolute atomic E-state index is 0.0205. The van der Waals surface area contributed by atoms with Crippen molar-refractivity contribution in [2.45, 2.75) is 38.1 Å². The molecule has 2 amide bonds. The number of amides is 2. The molecule has 140 valence electrons. The Labute approximate surface area is 158 Å². The Hall–Kier alpha value is -2.89. The highest BCUT2D eigenvalue weighted by molar-refractivity contribution is 5.92. The van der Waals surface area contributed by atoms with E-state index in [0.717, 1.165) is 31.4 Å². The largest absolute Gasteiger partial charge is 0.322 e. The van der Waals surface area contributed by atoms with E-state index in [4.69, 9.17) is 0 Å². The lowest BCUT2D eigenvalue weighted by molar-refractivity contribution is -0.384. The van der Waals surface area contributed by atoms with Crippen molar-refractivity contribution in [2.75, 3.05) is 11.9 Å². The molecule has 2 aromatic carbocycles. The van der Waals surface area contributed by atoms with Crippen molar-refractivity contribution >= 4 is 17.4 Å². The number of hydrogen-bond donors (Lipinski definition) is 1. The van der Waals surface area contributed by atoms with Crippen molar-refractivity contribution in [3.63, 3.8) is 0 Å². The van der Waals surface area contributed by atoms with Crippen LogP contribution in [0.15, 0.2) is 48.5 Å². The summed E-state index contributed by atoms with van der Waals surface area (Å²) in [6, 6.07) is 14.6. The van der Waals surface area contributed by atoms with Gasteiger partial charge in [0, 0.05) is 24.6 Å². The minimum Gasteiger partial charge on any atom is -0.314 e. The number of fused-ring (bicyclic) bond motifs is 1. The van der Waals surface area contributed by atoms with Gasteiger partial charge in [0.25, 0.3) is 5.69 Å². The van der Waals surface area contributed by atoms with Crippen molar-refractivity contribution in [3.05, 3.63) is 69.8 Å². The number of nitro groups is 1. The lowest BCUT2D eigenvalue weighted by atomic mass is 9.62. The van der Waals surface area contributed by atoms with Crippen LogP contribution in [0.4, 0.5) is 16.2 Å². The molecule has 27 heavy (non-hydrogen) atoms. The van der Waals surface area contributed by atoms with Crippen LogP contribution in [-0.2, 0) is 5.54 Å². The molecule has 6 heteroatoms. The van der Waals surface area contributed by atoms with E-state index in [9.17, 15) is 14.9 Å². The normalized spacial score (nSPS) is 23.9. The predicted octanol–water partition coefficient (Wildman–Crippen LogP) is 4.84. The summed E-state index contributed by atoms with van der Waals surface area (Å²) in [4.78, 5) is 25.6. The van der Waals surface area contributed by atoms with Gasteiger partial charge in [0.1, 0.15) is 0 Å². The van der Waals surface area contributed by atoms with Crippen LogP contribution < -0.4 is 5.32 Å². The molecule has 4 rings (SSSR count). The molecule has 1 saturated carbocycles. The third-order valence-corrected chi connectivity index (χ3v) is 6.11. The van der Waals surface area contributed by atoms with Crippen molar-refractivity contribution in [3.8, 4) is 0 Å². The van der Waals surface area contributed by atoms with Crippen LogP contribution >= 0.6 is 0 Å². The van der Waals surface area contributed by atoms with Crippen molar-refractivity contribution in [1.82, 2.24) is 4.90 Å². The van der Waals surface area contributed by atoms with Gasteiger partial charge in [0.2, 0.25) is 0 Å². The Bertz CT molecular complexity index is 883. The van der Waals surface area contributed by atoms with Crippen LogP contribution in [0.2, 0.25) is 0 Å². The number of likely N-dealkylation sites (tertiary alicyclic amines) is 1. The van der Waals surface area contributed by atoms with Crippen LogP contribution in [0.5, 0.6) is 0 Å². The number of anilines is 1. The zero-order chi connectivity index (χ0) is 19.0. The first kappa shape index (κ1) is 17.5. The smallest absolute Gasteiger partial charge is 0.314 e. The molecule has 1 saturated heterocycles. The first-order chi connectivity index (χ1) is 13.0. The van der Waals surface area contributed by atoms with E-state index >= 15 is 0 Å². The number of carbonyl (C=O) groups is 1. The topological polar surface area (TPSA) is 75.5 Å². The molecule has 2 aliphatic rings. The van der Waals surface area contributed by atoms with Gasteiger partial charge in [-0.05, 0) is 30.9 Å². The molecule has 2 fully saturated rings. The van der Waals surface area contributed by atoms with Gasteiger partial charge in [0.15, 0.2) is 0 Å². The number of nitrogens with zero attached hydrogens (tertiary/aromatic N) is 2. The summed E-state index contributed by atoms with van der Waals surface area (Å²) in [7, 11) is 0. The summed E-state index contributed by atoms with van der Waals surface area (Å²) < 4.78 is 0. The van der Waals surface area contributed by atoms with Crippen molar-refractivity contribution in [2.24, 2.45) is 5.92 Å². The molecule has 2 atom stereocenters. The number of benzene rings is 2.